The number of hydrogen-bond donors (Lipinski definition) is 16. The first-order valence-corrected chi connectivity index (χ1v) is 16.2. The van der Waals surface area contributed by atoms with Crippen molar-refractivity contribution in [3.05, 3.63) is 0 Å². The summed E-state index contributed by atoms with van der Waals surface area (Å²) in [6.07, 6.45) is -36.1. The number of rotatable bonds is 10. The Kier molecular flexibility index (Phi) is 16.0. The van der Waals surface area contributed by atoms with Gasteiger partial charge in [-0.25, -0.2) is 0 Å². The van der Waals surface area contributed by atoms with Crippen LogP contribution in [0.2, 0.25) is 0 Å². The minimum absolute atomic E-state index is 0.802. The molecule has 0 amide bonds. The number of ether oxygens (including phenoxy) is 7. The van der Waals surface area contributed by atoms with E-state index in [1.807, 2.05) is 0 Å². The first kappa shape index (κ1) is 43.4. The van der Waals surface area contributed by atoms with Crippen LogP contribution in [0.25, 0.3) is 0 Å². The zero-order chi connectivity index (χ0) is 37.8. The highest BCUT2D eigenvalue weighted by Gasteiger charge is 2.55. The van der Waals surface area contributed by atoms with Gasteiger partial charge in [-0.1, -0.05) is 0 Å². The van der Waals surface area contributed by atoms with Crippen molar-refractivity contribution in [3.63, 3.8) is 0 Å². The Bertz CT molecular complexity index is 1130. The Labute approximate surface area is 282 Å². The fourth-order valence-corrected chi connectivity index (χ4v) is 5.53. The summed E-state index contributed by atoms with van der Waals surface area (Å²) in [4.78, 5) is 0. The summed E-state index contributed by atoms with van der Waals surface area (Å²) in [5.74, 6) is 0. The van der Waals surface area contributed by atoms with Crippen LogP contribution in [0.1, 0.15) is 0 Å². The Balaban J connectivity index is 0.00000126. The Morgan fingerprint density at radius 2 is 0.680 bits per heavy atom. The van der Waals surface area contributed by atoms with Gasteiger partial charge in [0.05, 0.1) is 26.4 Å². The van der Waals surface area contributed by atoms with Crippen molar-refractivity contribution in [1.82, 2.24) is 0 Å². The second-order valence-corrected chi connectivity index (χ2v) is 12.5. The van der Waals surface area contributed by atoms with Crippen LogP contribution < -0.4 is 0 Å². The molecule has 20 atom stereocenters. The fraction of sp³-hybridized carbons (Fsp3) is 1.00. The van der Waals surface area contributed by atoms with Gasteiger partial charge in [0.2, 0.25) is 0 Å². The molecule has 16 N–H and O–H groups in total. The normalized spacial score (nSPS) is 48.8. The quantitative estimate of drug-likeness (QED) is 0.0918. The van der Waals surface area contributed by atoms with E-state index >= 15 is 0 Å². The van der Waals surface area contributed by atoms with E-state index in [1.165, 1.54) is 0 Å². The molecule has 0 aromatic heterocycles. The summed E-state index contributed by atoms with van der Waals surface area (Å²) in [5, 5.41) is 143. The average molecular weight is 765 g/mol. The van der Waals surface area contributed by atoms with Gasteiger partial charge in [-0.15, -0.1) is 0 Å². The van der Waals surface area contributed by atoms with Crippen LogP contribution in [0.3, 0.4) is 0 Å². The molecule has 0 aromatic carbocycles. The summed E-state index contributed by atoms with van der Waals surface area (Å²) < 4.78 is 69.1. The molecule has 26 heteroatoms. The van der Waals surface area contributed by atoms with Crippen molar-refractivity contribution in [2.45, 2.75) is 123 Å². The van der Waals surface area contributed by atoms with Gasteiger partial charge in [0, 0.05) is 0 Å². The van der Waals surface area contributed by atoms with Gasteiger partial charge in [-0.2, -0.15) is 8.42 Å². The van der Waals surface area contributed by atoms with E-state index in [4.69, 9.17) is 50.7 Å². The maximum atomic E-state index is 11.1. The third kappa shape index (κ3) is 10.2. The second-order valence-electron chi connectivity index (χ2n) is 11.6. The maximum absolute atomic E-state index is 11.1. The lowest BCUT2D eigenvalue weighted by Crippen LogP contribution is -2.67. The van der Waals surface area contributed by atoms with E-state index in [2.05, 4.69) is 0 Å². The van der Waals surface area contributed by atoms with E-state index in [1.54, 1.807) is 0 Å². The van der Waals surface area contributed by atoms with Crippen LogP contribution in [-0.2, 0) is 43.6 Å². The molecule has 50 heavy (non-hydrogen) atoms. The molecular formula is C24H44O25S. The van der Waals surface area contributed by atoms with Crippen LogP contribution in [-0.4, -0.2) is 238 Å². The van der Waals surface area contributed by atoms with E-state index in [-0.39, 0.29) is 0 Å². The largest absolute Gasteiger partial charge is 0.394 e. The zero-order valence-corrected chi connectivity index (χ0v) is 26.4. The lowest BCUT2D eigenvalue weighted by Gasteiger charge is -2.49. The van der Waals surface area contributed by atoms with Gasteiger partial charge in [-0.3, -0.25) is 9.11 Å². The molecule has 4 saturated heterocycles. The Morgan fingerprint density at radius 3 is 1.02 bits per heavy atom. The van der Waals surface area contributed by atoms with Crippen molar-refractivity contribution in [3.8, 4) is 0 Å². The standard InChI is InChI=1S/C24H42O21.H2O4S/c25-1-5-9(29)13(33)14(34)22(40-5)44-19-11(31)7(3-27)42-24(16(19)36)45-20-12(32)8(4-28)41-23(17(20)37)43-18-10(30)6(2-26)39-21(38)15(18)35;1-5(2,3)4/h5-38H,1-4H2;(H2,1,2,3,4). The molecule has 25 nitrogen and oxygen atoms in total. The van der Waals surface area contributed by atoms with Gasteiger partial charge in [-0.05, 0) is 0 Å². The number of hydrogen-bond acceptors (Lipinski definition) is 23. The average Bonchev–Trinajstić information content (AvgIpc) is 3.05. The third-order valence-electron chi connectivity index (χ3n) is 8.21. The SMILES string of the molecule is O=S(=O)(O)O.OCC1OC(OC2C(O)C(CO)OC(OC3C(O)C(CO)OC(OC4C(O)C(O)OC(CO)C4O)C3O)C2O)C(O)C(O)C1O. The highest BCUT2D eigenvalue weighted by molar-refractivity contribution is 7.79. The molecule has 0 saturated carbocycles. The van der Waals surface area contributed by atoms with Crippen LogP contribution >= 0.6 is 0 Å². The minimum atomic E-state index is -4.67. The third-order valence-corrected chi connectivity index (χ3v) is 8.21. The molecule has 20 unspecified atom stereocenters. The maximum Gasteiger partial charge on any atom is 0.394 e. The molecule has 0 radical (unpaired) electrons. The summed E-state index contributed by atoms with van der Waals surface area (Å²) in [6.45, 7) is -3.42. The summed E-state index contributed by atoms with van der Waals surface area (Å²) in [7, 11) is -4.67. The lowest BCUT2D eigenvalue weighted by atomic mass is 9.95. The predicted molar refractivity (Wildman–Crippen MR) is 148 cm³/mol. The van der Waals surface area contributed by atoms with Gasteiger partial charge < -0.3 is 105 Å². The Morgan fingerprint density at radius 1 is 0.400 bits per heavy atom. The molecule has 4 aliphatic heterocycles. The molecule has 4 aliphatic rings. The van der Waals surface area contributed by atoms with Crippen molar-refractivity contribution in [1.29, 1.82) is 0 Å². The van der Waals surface area contributed by atoms with Crippen LogP contribution in [0, 0.1) is 0 Å². The highest BCUT2D eigenvalue weighted by atomic mass is 32.3. The minimum Gasteiger partial charge on any atom is -0.394 e. The molecule has 4 rings (SSSR count). The number of aliphatic hydroxyl groups excluding tert-OH is 14. The highest BCUT2D eigenvalue weighted by Crippen LogP contribution is 2.34. The van der Waals surface area contributed by atoms with E-state index < -0.39 is 160 Å². The molecule has 0 spiro atoms. The molecule has 4 fully saturated rings. The fourth-order valence-electron chi connectivity index (χ4n) is 5.53. The molecule has 0 aromatic rings. The summed E-state index contributed by atoms with van der Waals surface area (Å²) in [6, 6.07) is 0. The van der Waals surface area contributed by atoms with E-state index in [0.29, 0.717) is 0 Å². The monoisotopic (exact) mass is 764 g/mol. The van der Waals surface area contributed by atoms with Gasteiger partial charge in [0.1, 0.15) is 97.7 Å². The Hall–Kier alpha value is -0.970. The zero-order valence-electron chi connectivity index (χ0n) is 25.6. The van der Waals surface area contributed by atoms with E-state index in [9.17, 15) is 71.5 Å². The topological polar surface area (TPSA) is 422 Å². The van der Waals surface area contributed by atoms with Crippen LogP contribution in [0.4, 0.5) is 0 Å². The van der Waals surface area contributed by atoms with Crippen molar-refractivity contribution in [2.24, 2.45) is 0 Å². The molecule has 0 bridgehead atoms. The molecule has 4 heterocycles. The molecule has 0 aliphatic carbocycles. The van der Waals surface area contributed by atoms with Crippen molar-refractivity contribution in [2.75, 3.05) is 26.4 Å². The van der Waals surface area contributed by atoms with Gasteiger partial charge >= 0.3 is 10.4 Å². The predicted octanol–water partition coefficient (Wildman–Crippen LogP) is -10.4. The number of aliphatic hydroxyl groups is 14. The van der Waals surface area contributed by atoms with Gasteiger partial charge in [0.15, 0.2) is 25.2 Å². The summed E-state index contributed by atoms with van der Waals surface area (Å²) in [5.41, 5.74) is 0. The molecular weight excluding hydrogens is 720 g/mol. The second kappa shape index (κ2) is 18.4. The van der Waals surface area contributed by atoms with E-state index in [0.717, 1.165) is 0 Å². The van der Waals surface area contributed by atoms with Crippen molar-refractivity contribution < 1.29 is 122 Å². The first-order chi connectivity index (χ1) is 23.3. The van der Waals surface area contributed by atoms with Crippen LogP contribution in [0.15, 0.2) is 0 Å². The lowest BCUT2D eigenvalue weighted by molar-refractivity contribution is -0.389. The summed E-state index contributed by atoms with van der Waals surface area (Å²) >= 11 is 0. The van der Waals surface area contributed by atoms with Crippen LogP contribution in [0.5, 0.6) is 0 Å². The van der Waals surface area contributed by atoms with Gasteiger partial charge in [0.25, 0.3) is 0 Å². The first-order valence-electron chi connectivity index (χ1n) is 14.8. The smallest absolute Gasteiger partial charge is 0.394 e. The van der Waals surface area contributed by atoms with Crippen molar-refractivity contribution >= 4 is 10.4 Å². The molecule has 296 valence electrons.